The fourth-order valence-electron chi connectivity index (χ4n) is 1.09. The standard InChI is InChI=1S/C9H15N3O2S/c1-15(13,14)12(11)7-6-8-2-4-9(10)5-3-8/h2-5H,6-7,10-11H2,1H3. The zero-order valence-electron chi connectivity index (χ0n) is 8.55. The van der Waals surface area contributed by atoms with Crippen molar-refractivity contribution < 1.29 is 8.42 Å². The Bertz CT molecular complexity index is 413. The highest BCUT2D eigenvalue weighted by molar-refractivity contribution is 7.88. The minimum Gasteiger partial charge on any atom is -0.399 e. The second-order valence-corrected chi connectivity index (χ2v) is 5.30. The van der Waals surface area contributed by atoms with Gasteiger partial charge in [0.2, 0.25) is 10.0 Å². The van der Waals surface area contributed by atoms with E-state index in [9.17, 15) is 8.42 Å². The molecule has 0 radical (unpaired) electrons. The van der Waals surface area contributed by atoms with Crippen LogP contribution in [0.15, 0.2) is 24.3 Å². The van der Waals surface area contributed by atoms with Gasteiger partial charge in [0, 0.05) is 12.2 Å². The highest BCUT2D eigenvalue weighted by Crippen LogP contribution is 2.06. The lowest BCUT2D eigenvalue weighted by Gasteiger charge is -2.13. The van der Waals surface area contributed by atoms with Crippen molar-refractivity contribution in [2.75, 3.05) is 18.5 Å². The van der Waals surface area contributed by atoms with Gasteiger partial charge in [0.15, 0.2) is 0 Å². The number of hydrogen-bond donors (Lipinski definition) is 2. The first-order valence-electron chi connectivity index (χ1n) is 4.46. The van der Waals surface area contributed by atoms with Crippen LogP contribution in [0.4, 0.5) is 5.69 Å². The lowest BCUT2D eigenvalue weighted by atomic mass is 10.1. The molecule has 0 aliphatic rings. The van der Waals surface area contributed by atoms with E-state index in [4.69, 9.17) is 11.6 Å². The minimum absolute atomic E-state index is 0.267. The maximum atomic E-state index is 11.0. The van der Waals surface area contributed by atoms with Crippen LogP contribution < -0.4 is 11.6 Å². The number of sulfonamides is 1. The molecule has 0 aliphatic heterocycles. The molecule has 0 saturated carbocycles. The van der Waals surface area contributed by atoms with E-state index >= 15 is 0 Å². The summed E-state index contributed by atoms with van der Waals surface area (Å²) in [6.07, 6.45) is 1.65. The van der Waals surface area contributed by atoms with Gasteiger partial charge in [-0.15, -0.1) is 4.41 Å². The molecule has 1 aromatic carbocycles. The first-order valence-corrected chi connectivity index (χ1v) is 6.31. The number of nitrogen functional groups attached to an aromatic ring is 1. The van der Waals surface area contributed by atoms with E-state index in [0.29, 0.717) is 12.1 Å². The quantitative estimate of drug-likeness (QED) is 0.430. The number of hydrazine groups is 1. The Balaban J connectivity index is 2.55. The molecule has 0 amide bonds. The lowest BCUT2D eigenvalue weighted by Crippen LogP contribution is -2.38. The molecular formula is C9H15N3O2S. The van der Waals surface area contributed by atoms with Crippen LogP contribution in [0.3, 0.4) is 0 Å². The summed E-state index contributed by atoms with van der Waals surface area (Å²) in [6, 6.07) is 7.25. The number of hydrogen-bond acceptors (Lipinski definition) is 4. The molecular weight excluding hydrogens is 214 g/mol. The van der Waals surface area contributed by atoms with Crippen molar-refractivity contribution in [3.63, 3.8) is 0 Å². The molecule has 0 bridgehead atoms. The third kappa shape index (κ3) is 3.86. The Hall–Kier alpha value is -1.11. The largest absolute Gasteiger partial charge is 0.399 e. The zero-order valence-corrected chi connectivity index (χ0v) is 9.37. The smallest absolute Gasteiger partial charge is 0.223 e. The van der Waals surface area contributed by atoms with Crippen LogP contribution in [0.1, 0.15) is 5.56 Å². The fourth-order valence-corrected chi connectivity index (χ4v) is 1.51. The van der Waals surface area contributed by atoms with E-state index in [-0.39, 0.29) is 6.54 Å². The van der Waals surface area contributed by atoms with E-state index < -0.39 is 10.0 Å². The van der Waals surface area contributed by atoms with Crippen LogP contribution in [0.5, 0.6) is 0 Å². The van der Waals surface area contributed by atoms with Crippen molar-refractivity contribution in [2.45, 2.75) is 6.42 Å². The molecule has 0 heterocycles. The van der Waals surface area contributed by atoms with Gasteiger partial charge in [-0.2, -0.15) is 0 Å². The second kappa shape index (κ2) is 4.61. The summed E-state index contributed by atoms with van der Waals surface area (Å²) in [5.41, 5.74) is 7.21. The summed E-state index contributed by atoms with van der Waals surface area (Å²) < 4.78 is 22.8. The highest BCUT2D eigenvalue weighted by Gasteiger charge is 2.10. The molecule has 6 heteroatoms. The average Bonchev–Trinajstić information content (AvgIpc) is 2.15. The zero-order chi connectivity index (χ0) is 11.5. The molecule has 4 N–H and O–H groups in total. The third-order valence-corrected chi connectivity index (χ3v) is 3.06. The van der Waals surface area contributed by atoms with Crippen molar-refractivity contribution in [3.8, 4) is 0 Å². The summed E-state index contributed by atoms with van der Waals surface area (Å²) in [5, 5.41) is 0. The predicted molar refractivity (Wildman–Crippen MR) is 60.3 cm³/mol. The Morgan fingerprint density at radius 2 is 1.80 bits per heavy atom. The van der Waals surface area contributed by atoms with Gasteiger partial charge in [0.05, 0.1) is 6.26 Å². The SMILES string of the molecule is CS(=O)(=O)N(N)CCc1ccc(N)cc1. The first-order chi connectivity index (χ1) is 6.89. The maximum Gasteiger partial charge on any atom is 0.223 e. The van der Waals surface area contributed by atoms with Crippen molar-refractivity contribution in [3.05, 3.63) is 29.8 Å². The Labute approximate surface area is 89.7 Å². The fraction of sp³-hybridized carbons (Fsp3) is 0.333. The summed E-state index contributed by atoms with van der Waals surface area (Å²) in [4.78, 5) is 0. The Kier molecular flexibility index (Phi) is 3.67. The van der Waals surface area contributed by atoms with E-state index in [1.807, 2.05) is 12.1 Å². The van der Waals surface area contributed by atoms with Gasteiger partial charge in [-0.3, -0.25) is 5.84 Å². The number of anilines is 1. The molecule has 1 aromatic rings. The van der Waals surface area contributed by atoms with Gasteiger partial charge in [-0.05, 0) is 24.1 Å². The molecule has 0 aliphatic carbocycles. The van der Waals surface area contributed by atoms with E-state index in [1.54, 1.807) is 12.1 Å². The third-order valence-electron chi connectivity index (χ3n) is 2.03. The molecule has 84 valence electrons. The van der Waals surface area contributed by atoms with Crippen LogP contribution >= 0.6 is 0 Å². The van der Waals surface area contributed by atoms with Crippen molar-refractivity contribution >= 4 is 15.7 Å². The van der Waals surface area contributed by atoms with Crippen LogP contribution in [0.2, 0.25) is 0 Å². The number of rotatable bonds is 4. The van der Waals surface area contributed by atoms with Gasteiger partial charge >= 0.3 is 0 Å². The highest BCUT2D eigenvalue weighted by atomic mass is 32.2. The molecule has 0 spiro atoms. The van der Waals surface area contributed by atoms with Gasteiger partial charge in [0.25, 0.3) is 0 Å². The Morgan fingerprint density at radius 1 is 1.27 bits per heavy atom. The molecule has 0 aromatic heterocycles. The Morgan fingerprint density at radius 3 is 2.27 bits per heavy atom. The molecule has 0 fully saturated rings. The molecule has 0 unspecified atom stereocenters. The number of nitrogens with zero attached hydrogens (tertiary/aromatic N) is 1. The molecule has 0 atom stereocenters. The topological polar surface area (TPSA) is 89.4 Å². The van der Waals surface area contributed by atoms with Crippen LogP contribution in [0, 0.1) is 0 Å². The van der Waals surface area contributed by atoms with Crippen molar-refractivity contribution in [1.29, 1.82) is 0 Å². The average molecular weight is 229 g/mol. The summed E-state index contributed by atoms with van der Waals surface area (Å²) >= 11 is 0. The number of nitrogens with two attached hydrogens (primary N) is 2. The predicted octanol–water partition coefficient (Wildman–Crippen LogP) is -0.0534. The van der Waals surface area contributed by atoms with Gasteiger partial charge in [-0.1, -0.05) is 12.1 Å². The van der Waals surface area contributed by atoms with Crippen molar-refractivity contribution in [2.24, 2.45) is 5.84 Å². The van der Waals surface area contributed by atoms with Crippen molar-refractivity contribution in [1.82, 2.24) is 4.41 Å². The van der Waals surface area contributed by atoms with Gasteiger partial charge in [0.1, 0.15) is 0 Å². The summed E-state index contributed by atoms with van der Waals surface area (Å²) in [5.74, 6) is 5.35. The monoisotopic (exact) mass is 229 g/mol. The molecule has 0 saturated heterocycles. The minimum atomic E-state index is -3.29. The summed E-state index contributed by atoms with van der Waals surface area (Å²) in [7, 11) is -3.29. The van der Waals surface area contributed by atoms with E-state index in [2.05, 4.69) is 0 Å². The molecule has 15 heavy (non-hydrogen) atoms. The van der Waals surface area contributed by atoms with Crippen LogP contribution in [-0.2, 0) is 16.4 Å². The lowest BCUT2D eigenvalue weighted by molar-refractivity contribution is 0.434. The maximum absolute atomic E-state index is 11.0. The van der Waals surface area contributed by atoms with Crippen LogP contribution in [0.25, 0.3) is 0 Å². The number of benzene rings is 1. The second-order valence-electron chi connectivity index (χ2n) is 3.37. The van der Waals surface area contributed by atoms with Gasteiger partial charge < -0.3 is 5.73 Å². The molecule has 1 rings (SSSR count). The van der Waals surface area contributed by atoms with E-state index in [0.717, 1.165) is 16.2 Å². The molecule has 5 nitrogen and oxygen atoms in total. The van der Waals surface area contributed by atoms with Gasteiger partial charge in [-0.25, -0.2) is 8.42 Å². The normalized spacial score (nSPS) is 11.9. The van der Waals surface area contributed by atoms with E-state index in [1.165, 1.54) is 0 Å². The summed E-state index contributed by atoms with van der Waals surface area (Å²) in [6.45, 7) is 0.267. The first kappa shape index (κ1) is 12.0. The van der Waals surface area contributed by atoms with Crippen LogP contribution in [-0.4, -0.2) is 25.6 Å².